The van der Waals surface area contributed by atoms with Crippen LogP contribution in [0.4, 0.5) is 5.82 Å². The fourth-order valence-electron chi connectivity index (χ4n) is 2.83. The van der Waals surface area contributed by atoms with Crippen LogP contribution < -0.4 is 4.90 Å². The molecule has 6 nitrogen and oxygen atoms in total. The number of nitrogens with zero attached hydrogens (tertiary/aromatic N) is 4. The molecule has 114 valence electrons. The summed E-state index contributed by atoms with van der Waals surface area (Å²) in [4.78, 5) is 6.68. The number of fused-ring (bicyclic) bond motifs is 1. The Morgan fingerprint density at radius 1 is 1.17 bits per heavy atom. The quantitative estimate of drug-likeness (QED) is 0.786. The van der Waals surface area contributed by atoms with E-state index in [4.69, 9.17) is 10.00 Å². The summed E-state index contributed by atoms with van der Waals surface area (Å²) in [5, 5.41) is 17.5. The molecule has 1 N–H and O–H groups in total. The normalized spacial score (nSPS) is 14.8. The summed E-state index contributed by atoms with van der Waals surface area (Å²) in [6.45, 7) is 3.14. The molecule has 1 aliphatic rings. The van der Waals surface area contributed by atoms with Crippen LogP contribution in [0.1, 0.15) is 5.56 Å². The Morgan fingerprint density at radius 3 is 2.87 bits per heavy atom. The van der Waals surface area contributed by atoms with Crippen molar-refractivity contribution in [2.24, 2.45) is 0 Å². The number of aromatic nitrogens is 3. The van der Waals surface area contributed by atoms with Crippen molar-refractivity contribution in [3.05, 3.63) is 42.1 Å². The number of pyridine rings is 1. The fraction of sp³-hybridized carbons (Fsp3) is 0.235. The maximum absolute atomic E-state index is 9.10. The predicted octanol–water partition coefficient (Wildman–Crippen LogP) is 2.33. The number of aromatic amines is 1. The highest BCUT2D eigenvalue weighted by Crippen LogP contribution is 2.28. The van der Waals surface area contributed by atoms with Gasteiger partial charge in [-0.1, -0.05) is 0 Å². The van der Waals surface area contributed by atoms with Gasteiger partial charge in [-0.15, -0.1) is 0 Å². The van der Waals surface area contributed by atoms with Crippen molar-refractivity contribution in [3.8, 4) is 17.3 Å². The third-order valence-corrected chi connectivity index (χ3v) is 4.05. The van der Waals surface area contributed by atoms with Gasteiger partial charge >= 0.3 is 0 Å². The number of ether oxygens (including phenoxy) is 1. The first kappa shape index (κ1) is 13.7. The molecule has 6 heteroatoms. The monoisotopic (exact) mass is 305 g/mol. The Balaban J connectivity index is 1.77. The van der Waals surface area contributed by atoms with Crippen LogP contribution in [0.5, 0.6) is 0 Å². The van der Waals surface area contributed by atoms with Crippen LogP contribution in [0.15, 0.2) is 36.5 Å². The highest BCUT2D eigenvalue weighted by molar-refractivity contribution is 5.94. The Hall–Kier alpha value is -2.91. The van der Waals surface area contributed by atoms with Crippen LogP contribution in [0, 0.1) is 11.3 Å². The van der Waals surface area contributed by atoms with Gasteiger partial charge in [0.1, 0.15) is 11.5 Å². The number of rotatable bonds is 2. The van der Waals surface area contributed by atoms with E-state index in [0.29, 0.717) is 5.56 Å². The van der Waals surface area contributed by atoms with Crippen molar-refractivity contribution in [2.45, 2.75) is 0 Å². The first-order chi connectivity index (χ1) is 11.3. The van der Waals surface area contributed by atoms with Crippen LogP contribution in [0.25, 0.3) is 22.2 Å². The Bertz CT molecular complexity index is 889. The lowest BCUT2D eigenvalue weighted by atomic mass is 10.1. The Kier molecular flexibility index (Phi) is 3.41. The Morgan fingerprint density at radius 2 is 2.04 bits per heavy atom. The minimum Gasteiger partial charge on any atom is -0.378 e. The molecule has 0 aliphatic carbocycles. The van der Waals surface area contributed by atoms with E-state index in [-0.39, 0.29) is 0 Å². The van der Waals surface area contributed by atoms with Gasteiger partial charge in [-0.25, -0.2) is 4.98 Å². The molecule has 1 aromatic carbocycles. The molecule has 0 bridgehead atoms. The summed E-state index contributed by atoms with van der Waals surface area (Å²) in [7, 11) is 0. The van der Waals surface area contributed by atoms with Crippen LogP contribution in [-0.4, -0.2) is 41.5 Å². The van der Waals surface area contributed by atoms with E-state index >= 15 is 0 Å². The molecule has 0 radical (unpaired) electrons. The number of nitrogens with one attached hydrogen (secondary N) is 1. The van der Waals surface area contributed by atoms with Crippen molar-refractivity contribution >= 4 is 16.7 Å². The number of nitriles is 1. The highest BCUT2D eigenvalue weighted by Gasteiger charge is 2.15. The van der Waals surface area contributed by atoms with Gasteiger partial charge in [-0.2, -0.15) is 10.4 Å². The zero-order valence-corrected chi connectivity index (χ0v) is 12.5. The summed E-state index contributed by atoms with van der Waals surface area (Å²) >= 11 is 0. The Labute approximate surface area is 133 Å². The highest BCUT2D eigenvalue weighted by atomic mass is 16.5. The van der Waals surface area contributed by atoms with E-state index in [2.05, 4.69) is 26.2 Å². The SMILES string of the molecule is N#Cc1ccc2[nH]nc(-c3ccnc(N4CCOCC4)c3)c2c1. The second kappa shape index (κ2) is 5.71. The summed E-state index contributed by atoms with van der Waals surface area (Å²) in [5.41, 5.74) is 3.38. The summed E-state index contributed by atoms with van der Waals surface area (Å²) in [6.07, 6.45) is 1.80. The molecule has 2 aromatic heterocycles. The zero-order valence-electron chi connectivity index (χ0n) is 12.5. The van der Waals surface area contributed by atoms with E-state index in [1.54, 1.807) is 12.3 Å². The van der Waals surface area contributed by atoms with Crippen molar-refractivity contribution < 1.29 is 4.74 Å². The molecule has 0 saturated carbocycles. The molecule has 0 atom stereocenters. The molecule has 0 unspecified atom stereocenters. The van der Waals surface area contributed by atoms with Gasteiger partial charge < -0.3 is 9.64 Å². The number of H-pyrrole nitrogens is 1. The second-order valence-corrected chi connectivity index (χ2v) is 5.45. The lowest BCUT2D eigenvalue weighted by Crippen LogP contribution is -2.36. The van der Waals surface area contributed by atoms with E-state index in [9.17, 15) is 0 Å². The predicted molar refractivity (Wildman–Crippen MR) is 87.1 cm³/mol. The van der Waals surface area contributed by atoms with Gasteiger partial charge in [0.05, 0.1) is 30.4 Å². The van der Waals surface area contributed by atoms with Gasteiger partial charge in [-0.05, 0) is 30.3 Å². The molecule has 3 aromatic rings. The van der Waals surface area contributed by atoms with Crippen LogP contribution in [0.2, 0.25) is 0 Å². The molecule has 4 rings (SSSR count). The lowest BCUT2D eigenvalue weighted by molar-refractivity contribution is 0.122. The molecule has 3 heterocycles. The second-order valence-electron chi connectivity index (χ2n) is 5.45. The van der Waals surface area contributed by atoms with Crippen molar-refractivity contribution in [3.63, 3.8) is 0 Å². The number of morpholine rings is 1. The standard InChI is InChI=1S/C17H15N5O/c18-11-12-1-2-15-14(9-12)17(21-20-15)13-3-4-19-16(10-13)22-5-7-23-8-6-22/h1-4,9-10H,5-8H2,(H,20,21). The first-order valence-electron chi connectivity index (χ1n) is 7.52. The number of hydrogen-bond donors (Lipinski definition) is 1. The molecule has 23 heavy (non-hydrogen) atoms. The van der Waals surface area contributed by atoms with E-state index < -0.39 is 0 Å². The van der Waals surface area contributed by atoms with Crippen LogP contribution >= 0.6 is 0 Å². The third kappa shape index (κ3) is 2.51. The number of benzene rings is 1. The van der Waals surface area contributed by atoms with Gasteiger partial charge in [0.15, 0.2) is 0 Å². The lowest BCUT2D eigenvalue weighted by Gasteiger charge is -2.27. The molecular weight excluding hydrogens is 290 g/mol. The van der Waals surface area contributed by atoms with Crippen LogP contribution in [-0.2, 0) is 4.74 Å². The summed E-state index contributed by atoms with van der Waals surface area (Å²) < 4.78 is 5.39. The van der Waals surface area contributed by atoms with Gasteiger partial charge in [0.2, 0.25) is 0 Å². The van der Waals surface area contributed by atoms with Crippen molar-refractivity contribution in [2.75, 3.05) is 31.2 Å². The van der Waals surface area contributed by atoms with Crippen molar-refractivity contribution in [1.29, 1.82) is 5.26 Å². The van der Waals surface area contributed by atoms with E-state index in [1.165, 1.54) is 0 Å². The maximum atomic E-state index is 9.10. The minimum atomic E-state index is 0.627. The minimum absolute atomic E-state index is 0.627. The van der Waals surface area contributed by atoms with Crippen molar-refractivity contribution in [1.82, 2.24) is 15.2 Å². The average molecular weight is 305 g/mol. The maximum Gasteiger partial charge on any atom is 0.129 e. The summed E-state index contributed by atoms with van der Waals surface area (Å²) in [6, 6.07) is 11.7. The summed E-state index contributed by atoms with van der Waals surface area (Å²) in [5.74, 6) is 0.929. The van der Waals surface area contributed by atoms with E-state index in [1.807, 2.05) is 24.3 Å². The zero-order chi connectivity index (χ0) is 15.6. The smallest absolute Gasteiger partial charge is 0.129 e. The molecule has 1 saturated heterocycles. The molecule has 0 spiro atoms. The van der Waals surface area contributed by atoms with Gasteiger partial charge in [0.25, 0.3) is 0 Å². The van der Waals surface area contributed by atoms with E-state index in [0.717, 1.165) is 54.3 Å². The molecule has 0 amide bonds. The average Bonchev–Trinajstić information content (AvgIpc) is 3.05. The first-order valence-corrected chi connectivity index (χ1v) is 7.52. The van der Waals surface area contributed by atoms with Gasteiger partial charge in [-0.3, -0.25) is 5.10 Å². The third-order valence-electron chi connectivity index (χ3n) is 4.05. The molecule has 1 aliphatic heterocycles. The largest absolute Gasteiger partial charge is 0.378 e. The van der Waals surface area contributed by atoms with Gasteiger partial charge in [0, 0.05) is 30.2 Å². The molecule has 1 fully saturated rings. The topological polar surface area (TPSA) is 77.8 Å². The number of hydrogen-bond acceptors (Lipinski definition) is 5. The fourth-order valence-corrected chi connectivity index (χ4v) is 2.83. The molecular formula is C17H15N5O. The van der Waals surface area contributed by atoms with Crippen LogP contribution in [0.3, 0.4) is 0 Å². The number of anilines is 1.